The normalized spacial score (nSPS) is 14.2. The van der Waals surface area contributed by atoms with Crippen molar-refractivity contribution in [2.75, 3.05) is 13.6 Å². The van der Waals surface area contributed by atoms with Crippen LogP contribution in [-0.2, 0) is 27.7 Å². The lowest BCUT2D eigenvalue weighted by molar-refractivity contribution is -0.121. The number of fused-ring (bicyclic) bond motifs is 1. The number of amides is 1. The number of aryl methyl sites for hydroxylation is 3. The van der Waals surface area contributed by atoms with Gasteiger partial charge in [0.2, 0.25) is 10.0 Å². The highest BCUT2D eigenvalue weighted by Crippen LogP contribution is 2.23. The summed E-state index contributed by atoms with van der Waals surface area (Å²) < 4.78 is 26.1. The fourth-order valence-electron chi connectivity index (χ4n) is 3.22. The number of carbonyl (C=O) groups excluding carboxylic acids is 1. The van der Waals surface area contributed by atoms with Crippen molar-refractivity contribution < 1.29 is 13.2 Å². The summed E-state index contributed by atoms with van der Waals surface area (Å²) in [7, 11) is -2.34. The van der Waals surface area contributed by atoms with Crippen LogP contribution < -0.4 is 5.43 Å². The summed E-state index contributed by atoms with van der Waals surface area (Å²) in [5.41, 5.74) is 7.78. The van der Waals surface area contributed by atoms with E-state index in [4.69, 9.17) is 0 Å². The molecule has 0 aliphatic heterocycles. The van der Waals surface area contributed by atoms with Crippen LogP contribution in [0, 0.1) is 6.92 Å². The zero-order valence-electron chi connectivity index (χ0n) is 16.4. The Morgan fingerprint density at radius 2 is 1.79 bits per heavy atom. The van der Waals surface area contributed by atoms with Gasteiger partial charge in [0, 0.05) is 7.05 Å². The number of nitrogens with one attached hydrogen (secondary N) is 1. The van der Waals surface area contributed by atoms with Crippen LogP contribution in [-0.4, -0.2) is 37.9 Å². The van der Waals surface area contributed by atoms with Crippen LogP contribution in [0.2, 0.25) is 0 Å². The molecule has 0 bridgehead atoms. The zero-order valence-corrected chi connectivity index (χ0v) is 17.2. The largest absolute Gasteiger partial charge is 0.272 e. The topological polar surface area (TPSA) is 78.8 Å². The Morgan fingerprint density at radius 3 is 2.50 bits per heavy atom. The van der Waals surface area contributed by atoms with Gasteiger partial charge in [-0.2, -0.15) is 9.41 Å². The van der Waals surface area contributed by atoms with Crippen LogP contribution in [0.5, 0.6) is 0 Å². The van der Waals surface area contributed by atoms with Gasteiger partial charge >= 0.3 is 0 Å². The van der Waals surface area contributed by atoms with Crippen LogP contribution in [0.1, 0.15) is 35.6 Å². The van der Waals surface area contributed by atoms with E-state index in [1.165, 1.54) is 36.7 Å². The highest BCUT2D eigenvalue weighted by atomic mass is 32.2. The van der Waals surface area contributed by atoms with Crippen LogP contribution in [0.3, 0.4) is 0 Å². The third-order valence-corrected chi connectivity index (χ3v) is 6.78. The van der Waals surface area contributed by atoms with Crippen LogP contribution in [0.25, 0.3) is 0 Å². The van der Waals surface area contributed by atoms with E-state index < -0.39 is 15.9 Å². The highest BCUT2D eigenvalue weighted by molar-refractivity contribution is 7.89. The van der Waals surface area contributed by atoms with Gasteiger partial charge in [-0.15, -0.1) is 0 Å². The fourth-order valence-corrected chi connectivity index (χ4v) is 4.35. The number of benzene rings is 2. The minimum Gasteiger partial charge on any atom is -0.272 e. The maximum atomic E-state index is 12.6. The molecule has 1 aliphatic carbocycles. The SMILES string of the molecule is C/C(=N/NC(=O)CN(C)S(=O)(=O)c1ccc(C)cc1)c1ccc2c(c1)CCC2. The molecule has 0 heterocycles. The quantitative estimate of drug-likeness (QED) is 0.599. The number of rotatable bonds is 6. The number of hydrogen-bond donors (Lipinski definition) is 1. The monoisotopic (exact) mass is 399 g/mol. The summed E-state index contributed by atoms with van der Waals surface area (Å²) >= 11 is 0. The van der Waals surface area contributed by atoms with Crippen LogP contribution in [0.4, 0.5) is 0 Å². The predicted octanol–water partition coefficient (Wildman–Crippen LogP) is 2.64. The highest BCUT2D eigenvalue weighted by Gasteiger charge is 2.22. The minimum absolute atomic E-state index is 0.159. The van der Waals surface area contributed by atoms with E-state index in [1.807, 2.05) is 19.9 Å². The molecule has 0 saturated carbocycles. The minimum atomic E-state index is -3.72. The van der Waals surface area contributed by atoms with Gasteiger partial charge < -0.3 is 0 Å². The maximum Gasteiger partial charge on any atom is 0.255 e. The van der Waals surface area contributed by atoms with Gasteiger partial charge in [-0.25, -0.2) is 13.8 Å². The number of hydrogen-bond acceptors (Lipinski definition) is 4. The summed E-state index contributed by atoms with van der Waals surface area (Å²) in [4.78, 5) is 12.3. The van der Waals surface area contributed by atoms with Crippen LogP contribution in [0.15, 0.2) is 52.5 Å². The van der Waals surface area contributed by atoms with Crippen molar-refractivity contribution >= 4 is 21.6 Å². The Bertz CT molecular complexity index is 1010. The second-order valence-corrected chi connectivity index (χ2v) is 9.19. The molecule has 28 heavy (non-hydrogen) atoms. The molecule has 0 unspecified atom stereocenters. The lowest BCUT2D eigenvalue weighted by Crippen LogP contribution is -2.36. The molecule has 0 saturated heterocycles. The average molecular weight is 400 g/mol. The first kappa shape index (κ1) is 20.2. The molecule has 0 radical (unpaired) electrons. The van der Waals surface area contributed by atoms with Crippen LogP contribution >= 0.6 is 0 Å². The Hall–Kier alpha value is -2.51. The third-order valence-electron chi connectivity index (χ3n) is 4.96. The Kier molecular flexibility index (Phi) is 5.96. The number of sulfonamides is 1. The van der Waals surface area contributed by atoms with Gasteiger partial charge in [-0.05, 0) is 68.0 Å². The molecule has 3 rings (SSSR count). The summed E-state index contributed by atoms with van der Waals surface area (Å²) in [6.45, 7) is 3.40. The molecule has 1 aliphatic rings. The fraction of sp³-hybridized carbons (Fsp3) is 0.333. The maximum absolute atomic E-state index is 12.6. The Balaban J connectivity index is 1.63. The van der Waals surface area contributed by atoms with Gasteiger partial charge in [0.1, 0.15) is 0 Å². The van der Waals surface area contributed by atoms with Crippen molar-refractivity contribution in [1.29, 1.82) is 0 Å². The molecular weight excluding hydrogens is 374 g/mol. The molecular formula is C21H25N3O3S. The van der Waals surface area contributed by atoms with E-state index in [-0.39, 0.29) is 11.4 Å². The van der Waals surface area contributed by atoms with Crippen molar-refractivity contribution in [2.45, 2.75) is 38.0 Å². The Morgan fingerprint density at radius 1 is 1.11 bits per heavy atom. The lowest BCUT2D eigenvalue weighted by Gasteiger charge is -2.16. The Labute approximate surface area is 166 Å². The van der Waals surface area contributed by atoms with Crippen molar-refractivity contribution in [3.05, 3.63) is 64.7 Å². The molecule has 0 fully saturated rings. The number of hydrazone groups is 1. The summed E-state index contributed by atoms with van der Waals surface area (Å²) in [5.74, 6) is -0.487. The molecule has 2 aromatic rings. The number of nitrogens with zero attached hydrogens (tertiary/aromatic N) is 2. The van der Waals surface area contributed by atoms with E-state index in [2.05, 4.69) is 22.7 Å². The van der Waals surface area contributed by atoms with Crippen molar-refractivity contribution in [2.24, 2.45) is 5.10 Å². The van der Waals surface area contributed by atoms with Gasteiger partial charge in [-0.3, -0.25) is 4.79 Å². The van der Waals surface area contributed by atoms with E-state index in [0.29, 0.717) is 5.71 Å². The van der Waals surface area contributed by atoms with E-state index in [0.717, 1.165) is 28.3 Å². The van der Waals surface area contributed by atoms with Gasteiger partial charge in [0.25, 0.3) is 5.91 Å². The lowest BCUT2D eigenvalue weighted by atomic mass is 10.0. The molecule has 7 heteroatoms. The summed E-state index contributed by atoms with van der Waals surface area (Å²) in [6.07, 6.45) is 3.36. The zero-order chi connectivity index (χ0) is 20.3. The summed E-state index contributed by atoms with van der Waals surface area (Å²) in [6, 6.07) is 12.8. The molecule has 1 amide bonds. The van der Waals surface area contributed by atoms with Gasteiger partial charge in [-0.1, -0.05) is 29.8 Å². The van der Waals surface area contributed by atoms with Crippen molar-refractivity contribution in [1.82, 2.24) is 9.73 Å². The molecule has 1 N–H and O–H groups in total. The molecule has 2 aromatic carbocycles. The van der Waals surface area contributed by atoms with Gasteiger partial charge in [0.15, 0.2) is 0 Å². The van der Waals surface area contributed by atoms with Crippen molar-refractivity contribution in [3.8, 4) is 0 Å². The van der Waals surface area contributed by atoms with E-state index in [9.17, 15) is 13.2 Å². The number of carbonyl (C=O) groups is 1. The first-order valence-electron chi connectivity index (χ1n) is 9.25. The number of likely N-dealkylation sites (N-methyl/N-ethyl adjacent to an activating group) is 1. The average Bonchev–Trinajstić information content (AvgIpc) is 3.14. The first-order valence-corrected chi connectivity index (χ1v) is 10.7. The molecule has 0 atom stereocenters. The smallest absolute Gasteiger partial charge is 0.255 e. The van der Waals surface area contributed by atoms with E-state index >= 15 is 0 Å². The van der Waals surface area contributed by atoms with Crippen molar-refractivity contribution in [3.63, 3.8) is 0 Å². The molecule has 0 aromatic heterocycles. The first-order chi connectivity index (χ1) is 13.3. The third kappa shape index (κ3) is 4.48. The molecule has 0 spiro atoms. The summed E-state index contributed by atoms with van der Waals surface area (Å²) in [5, 5.41) is 4.13. The van der Waals surface area contributed by atoms with E-state index in [1.54, 1.807) is 12.1 Å². The molecule has 148 valence electrons. The second kappa shape index (κ2) is 8.24. The van der Waals surface area contributed by atoms with Gasteiger partial charge in [0.05, 0.1) is 17.2 Å². The second-order valence-electron chi connectivity index (χ2n) is 7.14. The standard InChI is InChI=1S/C21H25N3O3S/c1-15-7-11-20(12-8-15)28(26,27)24(3)14-21(25)23-22-16(2)18-10-9-17-5-4-6-19(17)13-18/h7-13H,4-6,14H2,1-3H3,(H,23,25)/b22-16-. The molecule has 6 nitrogen and oxygen atoms in total. The predicted molar refractivity (Wildman–Crippen MR) is 110 cm³/mol.